The number of hydrogen-bond acceptors (Lipinski definition) is 4. The molecule has 3 rings (SSSR count). The van der Waals surface area contributed by atoms with Crippen molar-refractivity contribution in [3.05, 3.63) is 35.9 Å². The number of nitrogen functional groups attached to an aromatic ring is 1. The maximum absolute atomic E-state index is 9.58. The summed E-state index contributed by atoms with van der Waals surface area (Å²) in [5, 5.41) is 14.0. The van der Waals surface area contributed by atoms with Crippen LogP contribution in [0.3, 0.4) is 0 Å². The monoisotopic (exact) mass is 271 g/mol. The van der Waals surface area contributed by atoms with Gasteiger partial charge >= 0.3 is 0 Å². The van der Waals surface area contributed by atoms with E-state index in [0.717, 1.165) is 28.8 Å². The van der Waals surface area contributed by atoms with Gasteiger partial charge in [-0.2, -0.15) is 5.10 Å². The number of fused-ring (bicyclic) bond motifs is 1. The highest BCUT2D eigenvalue weighted by Gasteiger charge is 2.16. The molecule has 0 fully saturated rings. The lowest BCUT2D eigenvalue weighted by Gasteiger charge is -2.07. The second kappa shape index (κ2) is 4.64. The fourth-order valence-electron chi connectivity index (χ4n) is 2.48. The molecular formula is C14H17N5O. The Labute approximate surface area is 116 Å². The van der Waals surface area contributed by atoms with Crippen molar-refractivity contribution in [1.82, 2.24) is 19.3 Å². The van der Waals surface area contributed by atoms with Gasteiger partial charge in [0, 0.05) is 18.9 Å². The van der Waals surface area contributed by atoms with Crippen molar-refractivity contribution in [2.75, 3.05) is 5.73 Å². The van der Waals surface area contributed by atoms with Crippen molar-refractivity contribution in [1.29, 1.82) is 0 Å². The summed E-state index contributed by atoms with van der Waals surface area (Å²) in [6.45, 7) is 1.92. The second-order valence-electron chi connectivity index (χ2n) is 4.76. The zero-order valence-electron chi connectivity index (χ0n) is 11.5. The number of nitrogens with zero attached hydrogens (tertiary/aromatic N) is 4. The van der Waals surface area contributed by atoms with Gasteiger partial charge in [0.1, 0.15) is 12.4 Å². The predicted octanol–water partition coefficient (Wildman–Crippen LogP) is 1.40. The molecule has 0 aliphatic heterocycles. The summed E-state index contributed by atoms with van der Waals surface area (Å²) in [5.74, 6) is 0.591. The number of hydrogen-bond donors (Lipinski definition) is 2. The van der Waals surface area contributed by atoms with Crippen LogP contribution < -0.4 is 5.73 Å². The quantitative estimate of drug-likeness (QED) is 0.705. The fourth-order valence-corrected chi connectivity index (χ4v) is 2.48. The van der Waals surface area contributed by atoms with Crippen LogP contribution in [0.5, 0.6) is 0 Å². The molecule has 0 bridgehead atoms. The number of rotatable bonds is 3. The zero-order chi connectivity index (χ0) is 14.3. The third kappa shape index (κ3) is 1.85. The molecule has 0 spiro atoms. The molecule has 2 heterocycles. The molecular weight excluding hydrogens is 254 g/mol. The van der Waals surface area contributed by atoms with E-state index in [9.17, 15) is 5.11 Å². The molecule has 3 N–H and O–H groups in total. The minimum absolute atomic E-state index is 0.132. The largest absolute Gasteiger partial charge is 0.399 e. The number of aryl methyl sites for hydroxylation is 2. The van der Waals surface area contributed by atoms with Gasteiger partial charge in [0.15, 0.2) is 0 Å². The van der Waals surface area contributed by atoms with E-state index < -0.39 is 0 Å². The second-order valence-corrected chi connectivity index (χ2v) is 4.76. The van der Waals surface area contributed by atoms with Crippen molar-refractivity contribution >= 4 is 16.7 Å². The van der Waals surface area contributed by atoms with E-state index in [4.69, 9.17) is 5.73 Å². The summed E-state index contributed by atoms with van der Waals surface area (Å²) < 4.78 is 3.72. The highest BCUT2D eigenvalue weighted by atomic mass is 16.3. The topological polar surface area (TPSA) is 81.9 Å². The van der Waals surface area contributed by atoms with Crippen LogP contribution in [0.25, 0.3) is 16.7 Å². The Morgan fingerprint density at radius 3 is 2.85 bits per heavy atom. The molecule has 0 aliphatic rings. The molecule has 0 saturated carbocycles. The van der Waals surface area contributed by atoms with Gasteiger partial charge in [-0.25, -0.2) is 4.98 Å². The molecule has 6 heteroatoms. The molecule has 0 saturated heterocycles. The zero-order valence-corrected chi connectivity index (χ0v) is 11.5. The summed E-state index contributed by atoms with van der Waals surface area (Å²) >= 11 is 0. The molecule has 0 aliphatic carbocycles. The first-order chi connectivity index (χ1) is 9.63. The smallest absolute Gasteiger partial charge is 0.140 e. The lowest BCUT2D eigenvalue weighted by Crippen LogP contribution is -2.02. The van der Waals surface area contributed by atoms with E-state index in [1.807, 2.05) is 36.0 Å². The Balaban J connectivity index is 2.33. The van der Waals surface area contributed by atoms with Gasteiger partial charge in [-0.15, -0.1) is 0 Å². The van der Waals surface area contributed by atoms with Crippen molar-refractivity contribution in [2.24, 2.45) is 7.05 Å². The van der Waals surface area contributed by atoms with Crippen molar-refractivity contribution in [3.63, 3.8) is 0 Å². The van der Waals surface area contributed by atoms with Gasteiger partial charge < -0.3 is 10.8 Å². The van der Waals surface area contributed by atoms with E-state index in [2.05, 4.69) is 17.0 Å². The van der Waals surface area contributed by atoms with Crippen LogP contribution in [-0.4, -0.2) is 24.4 Å². The van der Waals surface area contributed by atoms with Gasteiger partial charge in [-0.3, -0.25) is 9.25 Å². The Bertz CT molecular complexity index is 771. The molecule has 104 valence electrons. The van der Waals surface area contributed by atoms with Gasteiger partial charge in [-0.1, -0.05) is 6.92 Å². The summed E-state index contributed by atoms with van der Waals surface area (Å²) in [6.07, 6.45) is 2.76. The average molecular weight is 271 g/mol. The highest BCUT2D eigenvalue weighted by Crippen LogP contribution is 2.25. The SMILES string of the molecule is CCc1nn(C)cc1-n1c(CO)nc2cc(N)ccc21. The van der Waals surface area contributed by atoms with E-state index in [-0.39, 0.29) is 6.61 Å². The van der Waals surface area contributed by atoms with Crippen molar-refractivity contribution in [2.45, 2.75) is 20.0 Å². The van der Waals surface area contributed by atoms with E-state index in [1.54, 1.807) is 4.68 Å². The Morgan fingerprint density at radius 1 is 1.35 bits per heavy atom. The number of imidazole rings is 1. The maximum atomic E-state index is 9.58. The van der Waals surface area contributed by atoms with Crippen LogP contribution in [0, 0.1) is 0 Å². The van der Waals surface area contributed by atoms with Crippen LogP contribution in [-0.2, 0) is 20.1 Å². The lowest BCUT2D eigenvalue weighted by molar-refractivity contribution is 0.270. The van der Waals surface area contributed by atoms with Crippen LogP contribution in [0.1, 0.15) is 18.4 Å². The minimum atomic E-state index is -0.132. The van der Waals surface area contributed by atoms with E-state index >= 15 is 0 Å². The van der Waals surface area contributed by atoms with Crippen molar-refractivity contribution in [3.8, 4) is 5.69 Å². The fraction of sp³-hybridized carbons (Fsp3) is 0.286. The minimum Gasteiger partial charge on any atom is -0.399 e. The first-order valence-corrected chi connectivity index (χ1v) is 6.54. The number of aliphatic hydroxyl groups is 1. The van der Waals surface area contributed by atoms with Gasteiger partial charge in [0.05, 0.1) is 22.4 Å². The van der Waals surface area contributed by atoms with Crippen LogP contribution in [0.15, 0.2) is 24.4 Å². The third-order valence-electron chi connectivity index (χ3n) is 3.35. The molecule has 0 atom stereocenters. The molecule has 1 aromatic carbocycles. The molecule has 20 heavy (non-hydrogen) atoms. The number of aromatic nitrogens is 4. The average Bonchev–Trinajstić information content (AvgIpc) is 2.97. The number of anilines is 1. The molecule has 3 aromatic rings. The van der Waals surface area contributed by atoms with Crippen molar-refractivity contribution < 1.29 is 5.11 Å². The van der Waals surface area contributed by atoms with Gasteiger partial charge in [-0.05, 0) is 24.6 Å². The van der Waals surface area contributed by atoms with Gasteiger partial charge in [0.2, 0.25) is 0 Å². The summed E-state index contributed by atoms with van der Waals surface area (Å²) in [5.41, 5.74) is 10.1. The third-order valence-corrected chi connectivity index (χ3v) is 3.35. The maximum Gasteiger partial charge on any atom is 0.140 e. The Morgan fingerprint density at radius 2 is 2.15 bits per heavy atom. The molecule has 0 unspecified atom stereocenters. The standard InChI is InChI=1S/C14H17N5O/c1-3-10-13(7-18(2)17-10)19-12-5-4-9(15)6-11(12)16-14(19)8-20/h4-7,20H,3,8,15H2,1-2H3. The summed E-state index contributed by atoms with van der Waals surface area (Å²) in [4.78, 5) is 4.45. The van der Waals surface area contributed by atoms with E-state index in [1.165, 1.54) is 0 Å². The van der Waals surface area contributed by atoms with Crippen LogP contribution in [0.2, 0.25) is 0 Å². The first kappa shape index (κ1) is 12.7. The molecule has 2 aromatic heterocycles. The molecule has 0 radical (unpaired) electrons. The van der Waals surface area contributed by atoms with Crippen LogP contribution in [0.4, 0.5) is 5.69 Å². The van der Waals surface area contributed by atoms with Crippen LogP contribution >= 0.6 is 0 Å². The normalized spacial score (nSPS) is 11.3. The molecule has 6 nitrogen and oxygen atoms in total. The van der Waals surface area contributed by atoms with Gasteiger partial charge in [0.25, 0.3) is 0 Å². The highest BCUT2D eigenvalue weighted by molar-refractivity contribution is 5.81. The Hall–Kier alpha value is -2.34. The van der Waals surface area contributed by atoms with E-state index in [0.29, 0.717) is 11.5 Å². The number of benzene rings is 1. The summed E-state index contributed by atoms with van der Waals surface area (Å²) in [6, 6.07) is 5.57. The number of aliphatic hydroxyl groups excluding tert-OH is 1. The lowest BCUT2D eigenvalue weighted by atomic mass is 10.2. The predicted molar refractivity (Wildman–Crippen MR) is 77.5 cm³/mol. The summed E-state index contributed by atoms with van der Waals surface area (Å²) in [7, 11) is 1.89. The first-order valence-electron chi connectivity index (χ1n) is 6.54. The molecule has 0 amide bonds. The Kier molecular flexibility index (Phi) is 2.94. The number of nitrogens with two attached hydrogens (primary N) is 1.